The maximum atomic E-state index is 13.6. The molecule has 1 aromatic heterocycles. The number of ether oxygens (including phenoxy) is 1. The Kier molecular flexibility index (Phi) is 3.21. The van der Waals surface area contributed by atoms with Gasteiger partial charge in [-0.25, -0.2) is 0 Å². The van der Waals surface area contributed by atoms with Crippen molar-refractivity contribution >= 4 is 11.6 Å². The maximum Gasteiger partial charge on any atom is 0.256 e. The van der Waals surface area contributed by atoms with Crippen molar-refractivity contribution in [2.75, 3.05) is 11.4 Å². The third-order valence-electron chi connectivity index (χ3n) is 4.94. The van der Waals surface area contributed by atoms with E-state index in [-0.39, 0.29) is 28.7 Å². The topological polar surface area (TPSA) is 112 Å². The number of nitrogens with one attached hydrogen (secondary N) is 1. The molecule has 7 nitrogen and oxygen atoms in total. The van der Waals surface area contributed by atoms with Gasteiger partial charge < -0.3 is 20.4 Å². The first kappa shape index (κ1) is 16.0. The Morgan fingerprint density at radius 3 is 2.77 bits per heavy atom. The number of amides is 1. The Morgan fingerprint density at radius 1 is 1.35 bits per heavy atom. The number of rotatable bonds is 1. The fourth-order valence-electron chi connectivity index (χ4n) is 3.96. The van der Waals surface area contributed by atoms with E-state index in [1.807, 2.05) is 19.1 Å². The molecule has 26 heavy (non-hydrogen) atoms. The van der Waals surface area contributed by atoms with Crippen LogP contribution in [-0.2, 0) is 10.2 Å². The molecule has 1 spiro atoms. The minimum absolute atomic E-state index is 0.0623. The molecule has 0 saturated carbocycles. The highest BCUT2D eigenvalue weighted by Crippen LogP contribution is 2.53. The molecule has 130 valence electrons. The number of carbonyl (C=O) groups is 1. The molecule has 0 aliphatic carbocycles. The lowest BCUT2D eigenvalue weighted by Gasteiger charge is -2.33. The molecule has 0 bridgehead atoms. The summed E-state index contributed by atoms with van der Waals surface area (Å²) < 4.78 is 5.56. The Bertz CT molecular complexity index is 1090. The molecular weight excluding hydrogens is 332 g/mol. The van der Waals surface area contributed by atoms with Crippen LogP contribution >= 0.6 is 0 Å². The van der Waals surface area contributed by atoms with Gasteiger partial charge in [0.25, 0.3) is 5.56 Å². The van der Waals surface area contributed by atoms with Crippen LogP contribution in [0.5, 0.6) is 5.75 Å². The van der Waals surface area contributed by atoms with Crippen LogP contribution in [0.3, 0.4) is 0 Å². The fourth-order valence-corrected chi connectivity index (χ4v) is 3.96. The van der Waals surface area contributed by atoms with Gasteiger partial charge >= 0.3 is 0 Å². The van der Waals surface area contributed by atoms with E-state index in [4.69, 9.17) is 10.5 Å². The van der Waals surface area contributed by atoms with Crippen LogP contribution in [0.1, 0.15) is 23.7 Å². The lowest BCUT2D eigenvalue weighted by atomic mass is 9.69. The van der Waals surface area contributed by atoms with Crippen molar-refractivity contribution in [3.05, 3.63) is 69.0 Å². The van der Waals surface area contributed by atoms with Gasteiger partial charge in [-0.3, -0.25) is 9.59 Å². The summed E-state index contributed by atoms with van der Waals surface area (Å²) in [6.45, 7) is 3.95. The summed E-state index contributed by atoms with van der Waals surface area (Å²) >= 11 is 0. The molecule has 4 rings (SSSR count). The first-order valence-electron chi connectivity index (χ1n) is 8.20. The predicted octanol–water partition coefficient (Wildman–Crippen LogP) is 1.42. The average Bonchev–Trinajstić information content (AvgIpc) is 2.84. The number of pyridine rings is 1. The molecule has 2 aliphatic heterocycles. The third-order valence-corrected chi connectivity index (χ3v) is 4.94. The zero-order valence-electron chi connectivity index (χ0n) is 14.3. The van der Waals surface area contributed by atoms with Crippen molar-refractivity contribution in [3.63, 3.8) is 0 Å². The van der Waals surface area contributed by atoms with E-state index in [2.05, 4.69) is 4.98 Å². The van der Waals surface area contributed by atoms with Crippen LogP contribution in [0, 0.1) is 18.3 Å². The van der Waals surface area contributed by atoms with E-state index >= 15 is 0 Å². The molecule has 2 aliphatic rings. The molecule has 0 saturated heterocycles. The lowest BCUT2D eigenvalue weighted by Crippen LogP contribution is -2.49. The molecule has 0 fully saturated rings. The van der Waals surface area contributed by atoms with E-state index in [1.165, 1.54) is 0 Å². The molecular formula is C19H16N4O3. The first-order chi connectivity index (χ1) is 12.5. The summed E-state index contributed by atoms with van der Waals surface area (Å²) in [6.07, 6.45) is 0. The number of H-pyrrole nitrogens is 1. The molecule has 1 aromatic carbocycles. The van der Waals surface area contributed by atoms with Crippen LogP contribution < -0.4 is 20.9 Å². The van der Waals surface area contributed by atoms with Gasteiger partial charge in [-0.1, -0.05) is 18.2 Å². The van der Waals surface area contributed by atoms with Gasteiger partial charge in [0.2, 0.25) is 11.8 Å². The zero-order valence-corrected chi connectivity index (χ0v) is 14.3. The van der Waals surface area contributed by atoms with E-state index < -0.39 is 11.0 Å². The summed E-state index contributed by atoms with van der Waals surface area (Å²) in [6, 6.07) is 10.8. The average molecular weight is 348 g/mol. The summed E-state index contributed by atoms with van der Waals surface area (Å²) in [5, 5.41) is 9.81. The quantitative estimate of drug-likeness (QED) is 0.809. The van der Waals surface area contributed by atoms with Gasteiger partial charge in [-0.05, 0) is 19.9 Å². The number of hydrogen-bond acceptors (Lipinski definition) is 5. The van der Waals surface area contributed by atoms with Gasteiger partial charge in [0.05, 0.1) is 5.56 Å². The number of carbonyl (C=O) groups excluding carboxylic acids is 1. The van der Waals surface area contributed by atoms with Crippen LogP contribution in [0.4, 0.5) is 5.69 Å². The van der Waals surface area contributed by atoms with E-state index in [0.717, 1.165) is 0 Å². The maximum absolute atomic E-state index is 13.6. The van der Waals surface area contributed by atoms with E-state index in [1.54, 1.807) is 36.1 Å². The normalized spacial score (nSPS) is 20.7. The van der Waals surface area contributed by atoms with Gasteiger partial charge in [0, 0.05) is 29.6 Å². The van der Waals surface area contributed by atoms with Gasteiger partial charge in [0.1, 0.15) is 17.4 Å². The fraction of sp³-hybridized carbons (Fsp3) is 0.211. The highest BCUT2D eigenvalue weighted by Gasteiger charge is 2.60. The minimum atomic E-state index is -1.60. The van der Waals surface area contributed by atoms with Crippen molar-refractivity contribution in [1.29, 1.82) is 5.26 Å². The van der Waals surface area contributed by atoms with Crippen LogP contribution in [0.2, 0.25) is 0 Å². The van der Waals surface area contributed by atoms with Crippen molar-refractivity contribution in [2.24, 2.45) is 5.73 Å². The number of benzene rings is 1. The summed E-state index contributed by atoms with van der Waals surface area (Å²) in [5.41, 5.74) is 5.78. The standard InChI is InChI=1S/C19H16N4O3/c1-3-23-13-7-5-4-6-11(13)19(18(23)25)12(9-20)16(21)26-14-8-10(2)22-17(24)15(14)19/h4-8H,3,21H2,1-2H3,(H,22,24)/t19-/m1/s1. The molecule has 7 heteroatoms. The van der Waals surface area contributed by atoms with Gasteiger partial charge in [-0.15, -0.1) is 0 Å². The van der Waals surface area contributed by atoms with E-state index in [9.17, 15) is 14.9 Å². The van der Waals surface area contributed by atoms with Gasteiger partial charge in [-0.2, -0.15) is 5.26 Å². The smallest absolute Gasteiger partial charge is 0.256 e. The molecule has 3 heterocycles. The Labute approximate surface area is 149 Å². The molecule has 1 atom stereocenters. The second-order valence-electron chi connectivity index (χ2n) is 6.29. The molecule has 2 aromatic rings. The number of hydrogen-bond donors (Lipinski definition) is 2. The summed E-state index contributed by atoms with van der Waals surface area (Å²) in [7, 11) is 0. The van der Waals surface area contributed by atoms with Crippen molar-refractivity contribution in [3.8, 4) is 11.8 Å². The number of fused-ring (bicyclic) bond motifs is 4. The number of anilines is 1. The molecule has 0 radical (unpaired) electrons. The highest BCUT2D eigenvalue weighted by atomic mass is 16.5. The molecule has 0 unspecified atom stereocenters. The largest absolute Gasteiger partial charge is 0.440 e. The number of nitrogens with two attached hydrogens (primary N) is 1. The lowest BCUT2D eigenvalue weighted by molar-refractivity contribution is -0.120. The Morgan fingerprint density at radius 2 is 2.08 bits per heavy atom. The van der Waals surface area contributed by atoms with Gasteiger partial charge in [0.15, 0.2) is 5.41 Å². The zero-order chi connectivity index (χ0) is 18.6. The number of aryl methyl sites for hydroxylation is 1. The number of nitrogens with zero attached hydrogens (tertiary/aromatic N) is 2. The van der Waals surface area contributed by atoms with Crippen LogP contribution in [0.25, 0.3) is 0 Å². The second kappa shape index (κ2) is 5.23. The molecule has 1 amide bonds. The first-order valence-corrected chi connectivity index (χ1v) is 8.20. The summed E-state index contributed by atoms with van der Waals surface area (Å²) in [5.74, 6) is -0.338. The van der Waals surface area contributed by atoms with Crippen LogP contribution in [-0.4, -0.2) is 17.4 Å². The number of nitriles is 1. The monoisotopic (exact) mass is 348 g/mol. The number of likely N-dealkylation sites (N-methyl/N-ethyl adjacent to an activating group) is 1. The number of aromatic amines is 1. The number of aromatic nitrogens is 1. The van der Waals surface area contributed by atoms with Crippen LogP contribution in [0.15, 0.2) is 46.6 Å². The minimum Gasteiger partial charge on any atom is -0.440 e. The Balaban J connectivity index is 2.22. The third kappa shape index (κ3) is 1.70. The molecule has 3 N–H and O–H groups in total. The van der Waals surface area contributed by atoms with E-state index in [0.29, 0.717) is 23.5 Å². The summed E-state index contributed by atoms with van der Waals surface area (Å²) in [4.78, 5) is 30.7. The predicted molar refractivity (Wildman–Crippen MR) is 94.5 cm³/mol. The Hall–Kier alpha value is -3.53. The second-order valence-corrected chi connectivity index (χ2v) is 6.29. The van der Waals surface area contributed by atoms with Crippen molar-refractivity contribution < 1.29 is 9.53 Å². The van der Waals surface area contributed by atoms with Crippen molar-refractivity contribution in [1.82, 2.24) is 4.98 Å². The number of para-hydroxylation sites is 1. The SMILES string of the molecule is CCN1C(=O)[C@@]2(C(C#N)=C(N)Oc3cc(C)[nH]c(=O)c32)c2ccccc21. The highest BCUT2D eigenvalue weighted by molar-refractivity contribution is 6.14. The van der Waals surface area contributed by atoms with Crippen molar-refractivity contribution in [2.45, 2.75) is 19.3 Å².